The Bertz CT molecular complexity index is 547. The number of rotatable bonds is 6. The fourth-order valence-electron chi connectivity index (χ4n) is 1.85. The summed E-state index contributed by atoms with van der Waals surface area (Å²) in [5.41, 5.74) is 1.01. The molecule has 0 unspecified atom stereocenters. The zero-order chi connectivity index (χ0) is 13.0. The van der Waals surface area contributed by atoms with E-state index < -0.39 is 5.97 Å². The maximum absolute atomic E-state index is 10.5. The van der Waals surface area contributed by atoms with E-state index in [0.29, 0.717) is 12.4 Å². The van der Waals surface area contributed by atoms with E-state index >= 15 is 0 Å². The topological polar surface area (TPSA) is 60.7 Å². The number of aliphatic carboxylic acids is 1. The van der Waals surface area contributed by atoms with Crippen molar-refractivity contribution in [1.82, 2.24) is 4.57 Å². The summed E-state index contributed by atoms with van der Waals surface area (Å²) in [7, 11) is 1.66. The molecule has 1 aromatic heterocycles. The molecule has 0 fully saturated rings. The third kappa shape index (κ3) is 2.62. The molecule has 0 saturated heterocycles. The minimum absolute atomic E-state index is 0.331. The zero-order valence-electron chi connectivity index (χ0n) is 10.1. The van der Waals surface area contributed by atoms with E-state index in [1.807, 2.05) is 29.0 Å². The van der Waals surface area contributed by atoms with Gasteiger partial charge in [0, 0.05) is 25.2 Å². The molecule has 0 aliphatic rings. The van der Waals surface area contributed by atoms with Crippen molar-refractivity contribution in [3.05, 3.63) is 30.5 Å². The Kier molecular flexibility index (Phi) is 3.84. The molecule has 96 valence electrons. The minimum atomic E-state index is -0.981. The number of aromatic nitrogens is 1. The van der Waals surface area contributed by atoms with Gasteiger partial charge in [0.25, 0.3) is 0 Å². The molecule has 0 aliphatic carbocycles. The van der Waals surface area contributed by atoms with Crippen molar-refractivity contribution in [3.63, 3.8) is 0 Å². The molecule has 1 heterocycles. The standard InChI is InChI=1S/C13H15NO4/c1-17-8-7-14-6-5-10-11(14)3-2-4-12(10)18-9-13(15)16/h2-6H,7-9H2,1H3,(H,15,16). The van der Waals surface area contributed by atoms with E-state index in [4.69, 9.17) is 14.6 Å². The van der Waals surface area contributed by atoms with Gasteiger partial charge in [-0.2, -0.15) is 0 Å². The summed E-state index contributed by atoms with van der Waals surface area (Å²) in [5, 5.41) is 9.53. The number of nitrogens with zero attached hydrogens (tertiary/aromatic N) is 1. The predicted octanol–water partition coefficient (Wildman–Crippen LogP) is 1.75. The van der Waals surface area contributed by atoms with Gasteiger partial charge in [-0.05, 0) is 18.2 Å². The number of fused-ring (bicyclic) bond motifs is 1. The van der Waals surface area contributed by atoms with Crippen LogP contribution in [0.4, 0.5) is 0 Å². The summed E-state index contributed by atoms with van der Waals surface area (Å²) in [5.74, 6) is -0.392. The largest absolute Gasteiger partial charge is 0.481 e. The Labute approximate surface area is 105 Å². The molecule has 2 aromatic rings. The summed E-state index contributed by atoms with van der Waals surface area (Å²) in [4.78, 5) is 10.5. The summed E-state index contributed by atoms with van der Waals surface area (Å²) < 4.78 is 12.3. The Hall–Kier alpha value is -2.01. The highest BCUT2D eigenvalue weighted by atomic mass is 16.5. The van der Waals surface area contributed by atoms with Crippen LogP contribution in [-0.4, -0.2) is 36.0 Å². The van der Waals surface area contributed by atoms with Crippen LogP contribution in [0.5, 0.6) is 5.75 Å². The maximum Gasteiger partial charge on any atom is 0.341 e. The normalized spacial score (nSPS) is 10.7. The molecule has 0 saturated carbocycles. The Morgan fingerprint density at radius 1 is 1.39 bits per heavy atom. The van der Waals surface area contributed by atoms with Crippen LogP contribution in [0.25, 0.3) is 10.9 Å². The van der Waals surface area contributed by atoms with Crippen molar-refractivity contribution >= 4 is 16.9 Å². The van der Waals surface area contributed by atoms with Gasteiger partial charge in [-0.25, -0.2) is 4.79 Å². The molecule has 0 spiro atoms. The van der Waals surface area contributed by atoms with Crippen molar-refractivity contribution in [2.24, 2.45) is 0 Å². The minimum Gasteiger partial charge on any atom is -0.481 e. The monoisotopic (exact) mass is 249 g/mol. The molecule has 5 nitrogen and oxygen atoms in total. The fraction of sp³-hybridized carbons (Fsp3) is 0.308. The van der Waals surface area contributed by atoms with Crippen molar-refractivity contribution < 1.29 is 19.4 Å². The first kappa shape index (κ1) is 12.4. The lowest BCUT2D eigenvalue weighted by atomic mass is 10.2. The third-order valence-corrected chi connectivity index (χ3v) is 2.66. The number of carboxylic acid groups (broad SMARTS) is 1. The number of methoxy groups -OCH3 is 1. The van der Waals surface area contributed by atoms with Gasteiger partial charge >= 0.3 is 5.97 Å². The van der Waals surface area contributed by atoms with Gasteiger partial charge < -0.3 is 19.1 Å². The highest BCUT2D eigenvalue weighted by Crippen LogP contribution is 2.26. The predicted molar refractivity (Wildman–Crippen MR) is 66.9 cm³/mol. The lowest BCUT2D eigenvalue weighted by molar-refractivity contribution is -0.139. The lowest BCUT2D eigenvalue weighted by Crippen LogP contribution is -2.09. The number of ether oxygens (including phenoxy) is 2. The Morgan fingerprint density at radius 2 is 2.22 bits per heavy atom. The molecular weight excluding hydrogens is 234 g/mol. The molecule has 0 radical (unpaired) electrons. The van der Waals surface area contributed by atoms with Crippen LogP contribution >= 0.6 is 0 Å². The third-order valence-electron chi connectivity index (χ3n) is 2.66. The average Bonchev–Trinajstić information content (AvgIpc) is 2.77. The van der Waals surface area contributed by atoms with Crippen LogP contribution in [-0.2, 0) is 16.1 Å². The van der Waals surface area contributed by atoms with Crippen molar-refractivity contribution in [3.8, 4) is 5.75 Å². The zero-order valence-corrected chi connectivity index (χ0v) is 10.1. The molecule has 0 amide bonds. The van der Waals surface area contributed by atoms with Crippen molar-refractivity contribution in [2.75, 3.05) is 20.3 Å². The first-order valence-electron chi connectivity index (χ1n) is 5.64. The van der Waals surface area contributed by atoms with Crippen LogP contribution in [0, 0.1) is 0 Å². The van der Waals surface area contributed by atoms with E-state index in [-0.39, 0.29) is 6.61 Å². The van der Waals surface area contributed by atoms with Crippen LogP contribution < -0.4 is 4.74 Å². The SMILES string of the molecule is COCCn1ccc2c(OCC(=O)O)cccc21. The number of hydrogen-bond donors (Lipinski definition) is 1. The van der Waals surface area contributed by atoms with E-state index in [2.05, 4.69) is 0 Å². The first-order chi connectivity index (χ1) is 8.72. The maximum atomic E-state index is 10.5. The second kappa shape index (κ2) is 5.55. The molecule has 0 bridgehead atoms. The number of carbonyl (C=O) groups is 1. The van der Waals surface area contributed by atoms with Gasteiger partial charge in [-0.3, -0.25) is 0 Å². The van der Waals surface area contributed by atoms with Crippen molar-refractivity contribution in [1.29, 1.82) is 0 Å². The molecule has 18 heavy (non-hydrogen) atoms. The highest BCUT2D eigenvalue weighted by molar-refractivity contribution is 5.86. The second-order valence-corrected chi connectivity index (χ2v) is 3.87. The average molecular weight is 249 g/mol. The second-order valence-electron chi connectivity index (χ2n) is 3.87. The number of benzene rings is 1. The molecule has 0 atom stereocenters. The van der Waals surface area contributed by atoms with E-state index in [1.54, 1.807) is 13.2 Å². The Morgan fingerprint density at radius 3 is 2.94 bits per heavy atom. The highest BCUT2D eigenvalue weighted by Gasteiger charge is 2.07. The summed E-state index contributed by atoms with van der Waals surface area (Å²) in [6.45, 7) is 1.05. The van der Waals surface area contributed by atoms with E-state index in [1.165, 1.54) is 0 Å². The van der Waals surface area contributed by atoms with Crippen LogP contribution in [0.1, 0.15) is 0 Å². The van der Waals surface area contributed by atoms with E-state index in [9.17, 15) is 4.79 Å². The van der Waals surface area contributed by atoms with Gasteiger partial charge in [0.05, 0.1) is 12.1 Å². The van der Waals surface area contributed by atoms with Gasteiger partial charge in [0.1, 0.15) is 5.75 Å². The molecule has 0 aliphatic heterocycles. The quantitative estimate of drug-likeness (QED) is 0.847. The molecule has 5 heteroatoms. The Balaban J connectivity index is 2.27. The summed E-state index contributed by atoms with van der Waals surface area (Å²) >= 11 is 0. The van der Waals surface area contributed by atoms with Gasteiger partial charge in [-0.15, -0.1) is 0 Å². The first-order valence-corrected chi connectivity index (χ1v) is 5.64. The van der Waals surface area contributed by atoms with Crippen LogP contribution in [0.2, 0.25) is 0 Å². The smallest absolute Gasteiger partial charge is 0.341 e. The van der Waals surface area contributed by atoms with E-state index in [0.717, 1.165) is 17.4 Å². The lowest BCUT2D eigenvalue weighted by Gasteiger charge is -2.07. The van der Waals surface area contributed by atoms with Crippen molar-refractivity contribution in [2.45, 2.75) is 6.54 Å². The number of carboxylic acids is 1. The summed E-state index contributed by atoms with van der Waals surface area (Å²) in [6.07, 6.45) is 1.94. The van der Waals surface area contributed by atoms with Crippen LogP contribution in [0.3, 0.4) is 0 Å². The summed E-state index contributed by atoms with van der Waals surface area (Å²) in [6, 6.07) is 7.51. The fourth-order valence-corrected chi connectivity index (χ4v) is 1.85. The molecule has 1 aromatic carbocycles. The van der Waals surface area contributed by atoms with Gasteiger partial charge in [-0.1, -0.05) is 6.07 Å². The van der Waals surface area contributed by atoms with Gasteiger partial charge in [0.15, 0.2) is 6.61 Å². The van der Waals surface area contributed by atoms with Gasteiger partial charge in [0.2, 0.25) is 0 Å². The van der Waals surface area contributed by atoms with Crippen LogP contribution in [0.15, 0.2) is 30.5 Å². The molecule has 1 N–H and O–H groups in total. The molecular formula is C13H15NO4. The molecule has 2 rings (SSSR count). The number of hydrogen-bond acceptors (Lipinski definition) is 3.